The molecule has 3 aromatic carbocycles. The number of hydrogen-bond acceptors (Lipinski definition) is 6. The highest BCUT2D eigenvalue weighted by Gasteiger charge is 2.30. The Bertz CT molecular complexity index is 1530. The van der Waals surface area contributed by atoms with Crippen molar-refractivity contribution in [3.63, 3.8) is 0 Å². The Labute approximate surface area is 234 Å². The summed E-state index contributed by atoms with van der Waals surface area (Å²) in [5.41, 5.74) is 2.08. The van der Waals surface area contributed by atoms with E-state index in [0.717, 1.165) is 47.9 Å². The Kier molecular flexibility index (Phi) is 8.30. The third-order valence-electron chi connectivity index (χ3n) is 7.20. The van der Waals surface area contributed by atoms with Gasteiger partial charge in [0.2, 0.25) is 10.0 Å². The molecule has 1 fully saturated rings. The number of carbonyl (C=O) groups is 1. The Hall–Kier alpha value is -3.27. The molecule has 5 rings (SSSR count). The number of fused-ring (bicyclic) bond motifs is 1. The minimum absolute atomic E-state index is 0.0204. The van der Waals surface area contributed by atoms with Crippen molar-refractivity contribution >= 4 is 42.6 Å². The molecule has 1 saturated carbocycles. The normalized spacial score (nSPS) is 14.5. The van der Waals surface area contributed by atoms with Crippen LogP contribution in [0, 0.1) is 0 Å². The van der Waals surface area contributed by atoms with E-state index < -0.39 is 10.0 Å². The summed E-state index contributed by atoms with van der Waals surface area (Å²) in [5, 5.41) is 0.555. The number of ether oxygens (including phenoxy) is 1. The number of rotatable bonds is 9. The number of anilines is 1. The smallest absolute Gasteiger partial charge is 0.260 e. The number of aromatic nitrogens is 1. The number of amides is 1. The highest BCUT2D eigenvalue weighted by atomic mass is 32.2. The number of benzene rings is 3. The molecule has 1 aliphatic rings. The predicted octanol–water partition coefficient (Wildman–Crippen LogP) is 6.50. The molecule has 1 amide bonds. The van der Waals surface area contributed by atoms with Crippen LogP contribution in [-0.2, 0) is 16.6 Å². The Morgan fingerprint density at radius 3 is 2.38 bits per heavy atom. The average molecular weight is 564 g/mol. The summed E-state index contributed by atoms with van der Waals surface area (Å²) in [6.45, 7) is 2.77. The van der Waals surface area contributed by atoms with Gasteiger partial charge in [0, 0.05) is 18.7 Å². The van der Waals surface area contributed by atoms with Crippen molar-refractivity contribution in [2.75, 3.05) is 18.6 Å². The fourth-order valence-corrected chi connectivity index (χ4v) is 7.42. The quantitative estimate of drug-likeness (QED) is 0.232. The minimum Gasteiger partial charge on any atom is -0.492 e. The molecule has 1 aliphatic carbocycles. The van der Waals surface area contributed by atoms with Gasteiger partial charge < -0.3 is 4.74 Å². The second-order valence-electron chi connectivity index (χ2n) is 9.75. The largest absolute Gasteiger partial charge is 0.492 e. The fraction of sp³-hybridized carbons (Fsp3) is 0.333. The lowest BCUT2D eigenvalue weighted by Crippen LogP contribution is -2.38. The standard InChI is InChI=1S/C30H33N3O4S2/c1-3-37-26-15-10-16-27-28(26)31-30(38-27)33(21-22-11-6-4-7-12-22)29(34)23-17-19-25(20-18-23)39(35,36)32(2)24-13-8-5-9-14-24/h4,6-7,10-12,15-20,24H,3,5,8-9,13-14,21H2,1-2H3. The molecule has 39 heavy (non-hydrogen) atoms. The van der Waals surface area contributed by atoms with Gasteiger partial charge in [-0.1, -0.05) is 67.0 Å². The lowest BCUT2D eigenvalue weighted by Gasteiger charge is -2.30. The Morgan fingerprint density at radius 2 is 1.69 bits per heavy atom. The van der Waals surface area contributed by atoms with E-state index in [9.17, 15) is 13.2 Å². The molecule has 7 nitrogen and oxygen atoms in total. The summed E-state index contributed by atoms with van der Waals surface area (Å²) in [4.78, 5) is 20.5. The molecular weight excluding hydrogens is 530 g/mol. The summed E-state index contributed by atoms with van der Waals surface area (Å²) in [6.07, 6.45) is 5.02. The molecule has 0 aliphatic heterocycles. The molecule has 1 aromatic heterocycles. The molecule has 0 spiro atoms. The van der Waals surface area contributed by atoms with E-state index in [1.165, 1.54) is 27.8 Å². The number of sulfonamides is 1. The minimum atomic E-state index is -3.65. The van der Waals surface area contributed by atoms with Gasteiger partial charge in [-0.3, -0.25) is 9.69 Å². The van der Waals surface area contributed by atoms with Crippen LogP contribution < -0.4 is 9.64 Å². The van der Waals surface area contributed by atoms with E-state index in [4.69, 9.17) is 9.72 Å². The van der Waals surface area contributed by atoms with Gasteiger partial charge in [-0.05, 0) is 61.7 Å². The molecule has 0 bridgehead atoms. The van der Waals surface area contributed by atoms with Crippen LogP contribution in [0.4, 0.5) is 5.13 Å². The van der Waals surface area contributed by atoms with Crippen molar-refractivity contribution < 1.29 is 17.9 Å². The van der Waals surface area contributed by atoms with E-state index in [0.29, 0.717) is 29.6 Å². The summed E-state index contributed by atoms with van der Waals surface area (Å²) >= 11 is 1.43. The molecular formula is C30H33N3O4S2. The first-order valence-corrected chi connectivity index (χ1v) is 15.6. The zero-order valence-corrected chi connectivity index (χ0v) is 23.9. The molecule has 0 unspecified atom stereocenters. The lowest BCUT2D eigenvalue weighted by atomic mass is 9.96. The van der Waals surface area contributed by atoms with Crippen molar-refractivity contribution in [2.45, 2.75) is 56.5 Å². The van der Waals surface area contributed by atoms with Gasteiger partial charge in [-0.25, -0.2) is 13.4 Å². The van der Waals surface area contributed by atoms with Crippen LogP contribution >= 0.6 is 11.3 Å². The van der Waals surface area contributed by atoms with Crippen molar-refractivity contribution in [3.8, 4) is 5.75 Å². The number of nitrogens with zero attached hydrogens (tertiary/aromatic N) is 3. The van der Waals surface area contributed by atoms with Crippen LogP contribution in [0.15, 0.2) is 77.7 Å². The van der Waals surface area contributed by atoms with E-state index in [-0.39, 0.29) is 16.8 Å². The van der Waals surface area contributed by atoms with Crippen molar-refractivity contribution in [1.82, 2.24) is 9.29 Å². The van der Waals surface area contributed by atoms with Crippen LogP contribution in [0.3, 0.4) is 0 Å². The van der Waals surface area contributed by atoms with Gasteiger partial charge in [0.1, 0.15) is 11.3 Å². The van der Waals surface area contributed by atoms with E-state index in [1.54, 1.807) is 24.1 Å². The molecule has 1 heterocycles. The van der Waals surface area contributed by atoms with Gasteiger partial charge in [-0.15, -0.1) is 0 Å². The second-order valence-corrected chi connectivity index (χ2v) is 12.8. The topological polar surface area (TPSA) is 79.8 Å². The predicted molar refractivity (Wildman–Crippen MR) is 156 cm³/mol. The first-order valence-electron chi connectivity index (χ1n) is 13.3. The van der Waals surface area contributed by atoms with E-state index >= 15 is 0 Å². The number of hydrogen-bond donors (Lipinski definition) is 0. The summed E-state index contributed by atoms with van der Waals surface area (Å²) < 4.78 is 34.8. The number of para-hydroxylation sites is 1. The summed E-state index contributed by atoms with van der Waals surface area (Å²) in [6, 6.07) is 21.8. The van der Waals surface area contributed by atoms with Crippen molar-refractivity contribution in [2.24, 2.45) is 0 Å². The van der Waals surface area contributed by atoms with E-state index in [2.05, 4.69) is 0 Å². The highest BCUT2D eigenvalue weighted by Crippen LogP contribution is 2.35. The summed E-state index contributed by atoms with van der Waals surface area (Å²) in [7, 11) is -1.98. The van der Waals surface area contributed by atoms with E-state index in [1.807, 2.05) is 55.5 Å². The lowest BCUT2D eigenvalue weighted by molar-refractivity contribution is 0.0985. The second kappa shape index (κ2) is 11.9. The third-order valence-corrected chi connectivity index (χ3v) is 10.2. The molecule has 0 saturated heterocycles. The van der Waals surface area contributed by atoms with Gasteiger partial charge in [-0.2, -0.15) is 4.31 Å². The maximum absolute atomic E-state index is 13.9. The van der Waals surface area contributed by atoms with Crippen LogP contribution in [-0.4, -0.2) is 43.3 Å². The molecule has 9 heteroatoms. The Balaban J connectivity index is 1.46. The van der Waals surface area contributed by atoms with Crippen LogP contribution in [0.2, 0.25) is 0 Å². The van der Waals surface area contributed by atoms with Crippen LogP contribution in [0.25, 0.3) is 10.2 Å². The maximum atomic E-state index is 13.9. The van der Waals surface area contributed by atoms with Gasteiger partial charge in [0.25, 0.3) is 5.91 Å². The third kappa shape index (κ3) is 5.85. The maximum Gasteiger partial charge on any atom is 0.260 e. The summed E-state index contributed by atoms with van der Waals surface area (Å²) in [5.74, 6) is 0.432. The SMILES string of the molecule is CCOc1cccc2sc(N(Cc3ccccc3)C(=O)c3ccc(S(=O)(=O)N(C)C4CCCCC4)cc3)nc12. The fourth-order valence-electron chi connectivity index (χ4n) is 5.02. The average Bonchev–Trinajstić information content (AvgIpc) is 3.41. The van der Waals surface area contributed by atoms with Gasteiger partial charge in [0.05, 0.1) is 22.7 Å². The first-order chi connectivity index (χ1) is 18.9. The van der Waals surface area contributed by atoms with Crippen LogP contribution in [0.5, 0.6) is 5.75 Å². The molecule has 4 aromatic rings. The van der Waals surface area contributed by atoms with Crippen molar-refractivity contribution in [3.05, 3.63) is 83.9 Å². The monoisotopic (exact) mass is 563 g/mol. The number of thiazole rings is 1. The Morgan fingerprint density at radius 1 is 0.974 bits per heavy atom. The van der Waals surface area contributed by atoms with Crippen molar-refractivity contribution in [1.29, 1.82) is 0 Å². The molecule has 0 N–H and O–H groups in total. The van der Waals surface area contributed by atoms with Gasteiger partial charge >= 0.3 is 0 Å². The molecule has 204 valence electrons. The molecule has 0 atom stereocenters. The molecule has 0 radical (unpaired) electrons. The zero-order valence-electron chi connectivity index (χ0n) is 22.2. The van der Waals surface area contributed by atoms with Gasteiger partial charge in [0.15, 0.2) is 5.13 Å². The van der Waals surface area contributed by atoms with Crippen LogP contribution in [0.1, 0.15) is 54.9 Å². The zero-order chi connectivity index (χ0) is 27.4. The first kappa shape index (κ1) is 27.3. The highest BCUT2D eigenvalue weighted by molar-refractivity contribution is 7.89. The number of carbonyl (C=O) groups excluding carboxylic acids is 1.